The molecule has 3 rings (SSSR count). The summed E-state index contributed by atoms with van der Waals surface area (Å²) in [5.41, 5.74) is 4.32. The number of hydrogen-bond acceptors (Lipinski definition) is 5. The van der Waals surface area contributed by atoms with Crippen molar-refractivity contribution in [3.63, 3.8) is 0 Å². The first kappa shape index (κ1) is 16.8. The molecule has 0 saturated carbocycles. The molecule has 1 amide bonds. The second kappa shape index (κ2) is 6.46. The molecule has 1 atom stereocenters. The van der Waals surface area contributed by atoms with Crippen molar-refractivity contribution in [3.05, 3.63) is 46.8 Å². The summed E-state index contributed by atoms with van der Waals surface area (Å²) in [6.07, 6.45) is 0. The van der Waals surface area contributed by atoms with Gasteiger partial charge in [-0.15, -0.1) is 5.10 Å². The number of carbonyl (C=O) groups is 1. The van der Waals surface area contributed by atoms with Gasteiger partial charge in [-0.3, -0.25) is 9.89 Å². The number of nitrogens with zero attached hydrogens (tertiary/aromatic N) is 6. The number of aryl methyl sites for hydroxylation is 3. The summed E-state index contributed by atoms with van der Waals surface area (Å²) in [4.78, 5) is 14.7. The molecule has 0 radical (unpaired) electrons. The number of amides is 1. The van der Waals surface area contributed by atoms with Crippen molar-refractivity contribution >= 4 is 5.91 Å². The minimum absolute atomic E-state index is 0.0653. The quantitative estimate of drug-likeness (QED) is 0.785. The van der Waals surface area contributed by atoms with E-state index in [1.54, 1.807) is 29.7 Å². The zero-order chi connectivity index (χ0) is 18.1. The molecule has 25 heavy (non-hydrogen) atoms. The molecule has 0 aliphatic carbocycles. The number of aromatic amines is 1. The fourth-order valence-electron chi connectivity index (χ4n) is 3.01. The lowest BCUT2D eigenvalue weighted by Crippen LogP contribution is -2.30. The minimum atomic E-state index is -0.0913. The molecular formula is C17H21N7O. The SMILES string of the molecule is Cc1n[nH]c(C)c1[C@H](C)N(C)C(=O)c1cccc(-c2nnnn2C)c1. The van der Waals surface area contributed by atoms with Crippen LogP contribution in [0, 0.1) is 13.8 Å². The summed E-state index contributed by atoms with van der Waals surface area (Å²) in [5, 5.41) is 18.7. The first-order chi connectivity index (χ1) is 11.9. The summed E-state index contributed by atoms with van der Waals surface area (Å²) in [6, 6.07) is 7.24. The molecule has 0 fully saturated rings. The van der Waals surface area contributed by atoms with Gasteiger partial charge in [0.25, 0.3) is 5.91 Å². The molecule has 1 N–H and O–H groups in total. The lowest BCUT2D eigenvalue weighted by Gasteiger charge is -2.25. The Bertz CT molecular complexity index is 892. The van der Waals surface area contributed by atoms with E-state index in [1.165, 1.54) is 0 Å². The summed E-state index contributed by atoms with van der Waals surface area (Å²) in [5.74, 6) is 0.552. The molecule has 0 aliphatic heterocycles. The average Bonchev–Trinajstić information content (AvgIpc) is 3.18. The molecule has 2 heterocycles. The lowest BCUT2D eigenvalue weighted by molar-refractivity contribution is 0.0742. The van der Waals surface area contributed by atoms with Crippen molar-refractivity contribution < 1.29 is 4.79 Å². The van der Waals surface area contributed by atoms with Gasteiger partial charge < -0.3 is 4.90 Å². The van der Waals surface area contributed by atoms with Crippen molar-refractivity contribution in [3.8, 4) is 11.4 Å². The predicted molar refractivity (Wildman–Crippen MR) is 92.8 cm³/mol. The van der Waals surface area contributed by atoms with E-state index in [1.807, 2.05) is 39.0 Å². The Morgan fingerprint density at radius 2 is 2.08 bits per heavy atom. The monoisotopic (exact) mass is 339 g/mol. The number of tetrazole rings is 1. The molecule has 3 aromatic rings. The van der Waals surface area contributed by atoms with Crippen LogP contribution in [0.2, 0.25) is 0 Å². The van der Waals surface area contributed by atoms with Gasteiger partial charge in [0.1, 0.15) is 0 Å². The maximum absolute atomic E-state index is 12.9. The highest BCUT2D eigenvalue weighted by Crippen LogP contribution is 2.26. The van der Waals surface area contributed by atoms with Crippen LogP contribution in [0.1, 0.15) is 40.3 Å². The van der Waals surface area contributed by atoms with Crippen LogP contribution < -0.4 is 0 Å². The molecule has 0 spiro atoms. The molecule has 0 saturated heterocycles. The molecule has 0 unspecified atom stereocenters. The van der Waals surface area contributed by atoms with Gasteiger partial charge in [-0.1, -0.05) is 12.1 Å². The maximum atomic E-state index is 12.9. The highest BCUT2D eigenvalue weighted by Gasteiger charge is 2.23. The van der Waals surface area contributed by atoms with Gasteiger partial charge >= 0.3 is 0 Å². The number of H-pyrrole nitrogens is 1. The van der Waals surface area contributed by atoms with Crippen LogP contribution in [0.15, 0.2) is 24.3 Å². The van der Waals surface area contributed by atoms with E-state index in [9.17, 15) is 4.79 Å². The third kappa shape index (κ3) is 3.02. The largest absolute Gasteiger partial charge is 0.335 e. The van der Waals surface area contributed by atoms with Gasteiger partial charge in [0, 0.05) is 36.5 Å². The van der Waals surface area contributed by atoms with Gasteiger partial charge in [0.2, 0.25) is 0 Å². The van der Waals surface area contributed by atoms with Gasteiger partial charge in [-0.05, 0) is 43.3 Å². The Morgan fingerprint density at radius 3 is 2.68 bits per heavy atom. The van der Waals surface area contributed by atoms with E-state index >= 15 is 0 Å². The Hall–Kier alpha value is -3.03. The van der Waals surface area contributed by atoms with Gasteiger partial charge in [-0.2, -0.15) is 5.10 Å². The zero-order valence-electron chi connectivity index (χ0n) is 15.0. The molecule has 1 aromatic carbocycles. The average molecular weight is 339 g/mol. The van der Waals surface area contributed by atoms with Gasteiger partial charge in [-0.25, -0.2) is 4.68 Å². The van der Waals surface area contributed by atoms with E-state index in [0.29, 0.717) is 11.4 Å². The van der Waals surface area contributed by atoms with Crippen molar-refractivity contribution in [2.24, 2.45) is 7.05 Å². The van der Waals surface area contributed by atoms with E-state index in [2.05, 4.69) is 25.7 Å². The van der Waals surface area contributed by atoms with Crippen LogP contribution in [0.3, 0.4) is 0 Å². The van der Waals surface area contributed by atoms with Crippen LogP contribution in [0.25, 0.3) is 11.4 Å². The lowest BCUT2D eigenvalue weighted by atomic mass is 10.0. The van der Waals surface area contributed by atoms with E-state index in [0.717, 1.165) is 22.5 Å². The maximum Gasteiger partial charge on any atom is 0.254 e. The molecule has 0 aliphatic rings. The van der Waals surface area contributed by atoms with Crippen LogP contribution in [-0.4, -0.2) is 48.3 Å². The molecule has 2 aromatic heterocycles. The molecule has 0 bridgehead atoms. The van der Waals surface area contributed by atoms with Crippen molar-refractivity contribution in [1.82, 2.24) is 35.3 Å². The number of benzene rings is 1. The second-order valence-corrected chi connectivity index (χ2v) is 6.15. The first-order valence-electron chi connectivity index (χ1n) is 8.01. The number of rotatable bonds is 4. The Labute approximate surface area is 145 Å². The minimum Gasteiger partial charge on any atom is -0.335 e. The van der Waals surface area contributed by atoms with Crippen LogP contribution in [0.5, 0.6) is 0 Å². The van der Waals surface area contributed by atoms with Crippen molar-refractivity contribution in [2.45, 2.75) is 26.8 Å². The Morgan fingerprint density at radius 1 is 1.32 bits per heavy atom. The smallest absolute Gasteiger partial charge is 0.254 e. The molecule has 8 heteroatoms. The third-order valence-electron chi connectivity index (χ3n) is 4.49. The number of nitrogens with one attached hydrogen (secondary N) is 1. The van der Waals surface area contributed by atoms with Crippen molar-refractivity contribution in [1.29, 1.82) is 0 Å². The normalized spacial score (nSPS) is 12.2. The molecular weight excluding hydrogens is 318 g/mol. The zero-order valence-corrected chi connectivity index (χ0v) is 15.0. The highest BCUT2D eigenvalue weighted by atomic mass is 16.2. The Balaban J connectivity index is 1.89. The topological polar surface area (TPSA) is 92.6 Å². The molecule has 8 nitrogen and oxygen atoms in total. The number of hydrogen-bond donors (Lipinski definition) is 1. The van der Waals surface area contributed by atoms with Gasteiger partial charge in [0.15, 0.2) is 5.82 Å². The van der Waals surface area contributed by atoms with E-state index < -0.39 is 0 Å². The Kier molecular flexibility index (Phi) is 4.35. The second-order valence-electron chi connectivity index (χ2n) is 6.15. The number of carbonyl (C=O) groups excluding carboxylic acids is 1. The summed E-state index contributed by atoms with van der Waals surface area (Å²) < 4.78 is 1.58. The van der Waals surface area contributed by atoms with E-state index in [4.69, 9.17) is 0 Å². The summed E-state index contributed by atoms with van der Waals surface area (Å²) >= 11 is 0. The van der Waals surface area contributed by atoms with Crippen LogP contribution >= 0.6 is 0 Å². The fourth-order valence-corrected chi connectivity index (χ4v) is 3.01. The third-order valence-corrected chi connectivity index (χ3v) is 4.49. The fraction of sp³-hybridized carbons (Fsp3) is 0.353. The van der Waals surface area contributed by atoms with Crippen LogP contribution in [0.4, 0.5) is 0 Å². The van der Waals surface area contributed by atoms with Gasteiger partial charge in [0.05, 0.1) is 11.7 Å². The predicted octanol–water partition coefficient (Wildman–Crippen LogP) is 2.05. The van der Waals surface area contributed by atoms with Crippen molar-refractivity contribution in [2.75, 3.05) is 7.05 Å². The van der Waals surface area contributed by atoms with Crippen LogP contribution in [-0.2, 0) is 7.05 Å². The summed E-state index contributed by atoms with van der Waals surface area (Å²) in [6.45, 7) is 5.90. The number of aromatic nitrogens is 6. The first-order valence-corrected chi connectivity index (χ1v) is 8.01. The highest BCUT2D eigenvalue weighted by molar-refractivity contribution is 5.95. The molecule has 130 valence electrons. The summed E-state index contributed by atoms with van der Waals surface area (Å²) in [7, 11) is 3.57. The standard InChI is InChI=1S/C17H21N7O/c1-10-15(11(2)19-18-10)12(3)23(4)17(25)14-8-6-7-13(9-14)16-20-21-22-24(16)5/h6-9,12H,1-5H3,(H,18,19)/t12-/m0/s1. The van der Waals surface area contributed by atoms with E-state index in [-0.39, 0.29) is 11.9 Å².